The van der Waals surface area contributed by atoms with Crippen molar-refractivity contribution < 1.29 is 13.9 Å². The van der Waals surface area contributed by atoms with Crippen LogP contribution in [0.25, 0.3) is 0 Å². The van der Waals surface area contributed by atoms with E-state index in [9.17, 15) is 9.18 Å². The summed E-state index contributed by atoms with van der Waals surface area (Å²) in [7, 11) is 0. The molecule has 0 radical (unpaired) electrons. The lowest BCUT2D eigenvalue weighted by Gasteiger charge is -2.07. The number of carbonyl (C=O) groups excluding carboxylic acids is 1. The SMILES string of the molecule is Cc1cc(C(=O)COCCNCc2ccccc2)ccc1F. The molecule has 4 heteroatoms. The first kappa shape index (κ1) is 16.3. The number of halogens is 1. The molecule has 116 valence electrons. The molecule has 0 saturated heterocycles. The molecule has 1 N–H and O–H groups in total. The van der Waals surface area contributed by atoms with E-state index in [0.717, 1.165) is 6.54 Å². The molecule has 0 heterocycles. The number of hydrogen-bond acceptors (Lipinski definition) is 3. The number of Topliss-reactive ketones (excluding diaryl/α,β-unsaturated/α-hetero) is 1. The van der Waals surface area contributed by atoms with Crippen LogP contribution in [0.5, 0.6) is 0 Å². The summed E-state index contributed by atoms with van der Waals surface area (Å²) >= 11 is 0. The first-order chi connectivity index (χ1) is 10.7. The number of benzene rings is 2. The quantitative estimate of drug-likeness (QED) is 0.601. The average Bonchev–Trinajstić information content (AvgIpc) is 2.54. The van der Waals surface area contributed by atoms with Gasteiger partial charge in [-0.15, -0.1) is 0 Å². The van der Waals surface area contributed by atoms with E-state index in [1.807, 2.05) is 30.3 Å². The zero-order valence-electron chi connectivity index (χ0n) is 12.6. The third-order valence-corrected chi connectivity index (χ3v) is 3.31. The van der Waals surface area contributed by atoms with Gasteiger partial charge in [-0.3, -0.25) is 4.79 Å². The highest BCUT2D eigenvalue weighted by molar-refractivity contribution is 5.97. The Bertz CT molecular complexity index is 614. The highest BCUT2D eigenvalue weighted by Crippen LogP contribution is 2.09. The molecular formula is C18H20FNO2. The zero-order chi connectivity index (χ0) is 15.8. The van der Waals surface area contributed by atoms with Crippen LogP contribution in [-0.4, -0.2) is 25.5 Å². The van der Waals surface area contributed by atoms with Crippen molar-refractivity contribution in [3.63, 3.8) is 0 Å². The van der Waals surface area contributed by atoms with Crippen LogP contribution in [-0.2, 0) is 11.3 Å². The minimum atomic E-state index is -0.303. The lowest BCUT2D eigenvalue weighted by Crippen LogP contribution is -2.21. The summed E-state index contributed by atoms with van der Waals surface area (Å²) in [5.74, 6) is -0.436. The maximum absolute atomic E-state index is 13.1. The van der Waals surface area contributed by atoms with Crippen molar-refractivity contribution in [2.45, 2.75) is 13.5 Å². The van der Waals surface area contributed by atoms with Gasteiger partial charge in [0.1, 0.15) is 12.4 Å². The van der Waals surface area contributed by atoms with Crippen molar-refractivity contribution in [3.8, 4) is 0 Å². The molecule has 0 amide bonds. The predicted octanol–water partition coefficient (Wildman–Crippen LogP) is 3.12. The van der Waals surface area contributed by atoms with Crippen LogP contribution in [0.3, 0.4) is 0 Å². The molecule has 2 aromatic rings. The summed E-state index contributed by atoms with van der Waals surface area (Å²) in [6, 6.07) is 14.4. The van der Waals surface area contributed by atoms with Crippen LogP contribution >= 0.6 is 0 Å². The van der Waals surface area contributed by atoms with E-state index in [1.54, 1.807) is 13.0 Å². The molecule has 0 aliphatic carbocycles. The fourth-order valence-corrected chi connectivity index (χ4v) is 2.04. The second-order valence-corrected chi connectivity index (χ2v) is 5.10. The van der Waals surface area contributed by atoms with E-state index in [-0.39, 0.29) is 18.2 Å². The Morgan fingerprint density at radius 2 is 1.95 bits per heavy atom. The normalized spacial score (nSPS) is 10.6. The van der Waals surface area contributed by atoms with Crippen molar-refractivity contribution in [3.05, 3.63) is 71.0 Å². The summed E-state index contributed by atoms with van der Waals surface area (Å²) in [4.78, 5) is 11.9. The monoisotopic (exact) mass is 301 g/mol. The molecule has 0 fully saturated rings. The average molecular weight is 301 g/mol. The molecule has 22 heavy (non-hydrogen) atoms. The van der Waals surface area contributed by atoms with Gasteiger partial charge in [-0.05, 0) is 36.2 Å². The minimum absolute atomic E-state index is 0.0120. The minimum Gasteiger partial charge on any atom is -0.372 e. The standard InChI is InChI=1S/C18H20FNO2/c1-14-11-16(7-8-17(14)19)18(21)13-22-10-9-20-12-15-5-3-2-4-6-15/h2-8,11,20H,9-10,12-13H2,1H3. The summed E-state index contributed by atoms with van der Waals surface area (Å²) in [6.45, 7) is 3.55. The lowest BCUT2D eigenvalue weighted by molar-refractivity contribution is 0.0764. The van der Waals surface area contributed by atoms with Gasteiger partial charge >= 0.3 is 0 Å². The molecule has 2 rings (SSSR count). The second kappa shape index (κ2) is 8.41. The largest absolute Gasteiger partial charge is 0.372 e. The molecule has 0 aliphatic heterocycles. The number of rotatable bonds is 8. The van der Waals surface area contributed by atoms with Crippen molar-refractivity contribution in [2.75, 3.05) is 19.8 Å². The van der Waals surface area contributed by atoms with E-state index >= 15 is 0 Å². The van der Waals surface area contributed by atoms with Crippen LogP contribution in [0.15, 0.2) is 48.5 Å². The molecule has 0 bridgehead atoms. The lowest BCUT2D eigenvalue weighted by atomic mass is 10.1. The number of ketones is 1. The van der Waals surface area contributed by atoms with Crippen molar-refractivity contribution >= 4 is 5.78 Å². The Morgan fingerprint density at radius 3 is 2.68 bits per heavy atom. The Labute approximate surface area is 130 Å². The molecule has 2 aromatic carbocycles. The zero-order valence-corrected chi connectivity index (χ0v) is 12.6. The van der Waals surface area contributed by atoms with Gasteiger partial charge in [0, 0.05) is 18.7 Å². The third-order valence-electron chi connectivity index (χ3n) is 3.31. The fourth-order valence-electron chi connectivity index (χ4n) is 2.04. The van der Waals surface area contributed by atoms with Gasteiger partial charge in [-0.2, -0.15) is 0 Å². The maximum atomic E-state index is 13.1. The molecule has 0 spiro atoms. The first-order valence-corrected chi connectivity index (χ1v) is 7.28. The number of nitrogens with one attached hydrogen (secondary N) is 1. The fraction of sp³-hybridized carbons (Fsp3) is 0.278. The van der Waals surface area contributed by atoms with E-state index in [2.05, 4.69) is 5.32 Å². The first-order valence-electron chi connectivity index (χ1n) is 7.28. The number of hydrogen-bond donors (Lipinski definition) is 1. The molecule has 0 aliphatic rings. The molecule has 0 saturated carbocycles. The van der Waals surface area contributed by atoms with Gasteiger partial charge in [0.15, 0.2) is 5.78 Å². The van der Waals surface area contributed by atoms with Gasteiger partial charge in [0.25, 0.3) is 0 Å². The van der Waals surface area contributed by atoms with Gasteiger partial charge in [-0.25, -0.2) is 4.39 Å². The Balaban J connectivity index is 1.64. The maximum Gasteiger partial charge on any atom is 0.188 e. The van der Waals surface area contributed by atoms with Crippen molar-refractivity contribution in [1.29, 1.82) is 0 Å². The molecule has 0 aromatic heterocycles. The van der Waals surface area contributed by atoms with E-state index in [1.165, 1.54) is 17.7 Å². The van der Waals surface area contributed by atoms with Crippen molar-refractivity contribution in [1.82, 2.24) is 5.32 Å². The van der Waals surface area contributed by atoms with Crippen LogP contribution in [0.4, 0.5) is 4.39 Å². The number of aryl methyl sites for hydroxylation is 1. The molecule has 0 unspecified atom stereocenters. The molecule has 0 atom stereocenters. The van der Waals surface area contributed by atoms with Gasteiger partial charge in [-0.1, -0.05) is 30.3 Å². The highest BCUT2D eigenvalue weighted by Gasteiger charge is 2.07. The number of carbonyl (C=O) groups is 1. The highest BCUT2D eigenvalue weighted by atomic mass is 19.1. The molecule has 3 nitrogen and oxygen atoms in total. The Hall–Kier alpha value is -2.04. The van der Waals surface area contributed by atoms with Gasteiger partial charge < -0.3 is 10.1 Å². The second-order valence-electron chi connectivity index (χ2n) is 5.10. The predicted molar refractivity (Wildman–Crippen MR) is 84.4 cm³/mol. The van der Waals surface area contributed by atoms with Crippen LogP contribution in [0.2, 0.25) is 0 Å². The summed E-state index contributed by atoms with van der Waals surface area (Å²) in [6.07, 6.45) is 0. The topological polar surface area (TPSA) is 38.3 Å². The van der Waals surface area contributed by atoms with Crippen LogP contribution in [0, 0.1) is 12.7 Å². The molecular weight excluding hydrogens is 281 g/mol. The van der Waals surface area contributed by atoms with E-state index in [0.29, 0.717) is 24.3 Å². The van der Waals surface area contributed by atoms with Crippen LogP contribution in [0.1, 0.15) is 21.5 Å². The van der Waals surface area contributed by atoms with Gasteiger partial charge in [0.2, 0.25) is 0 Å². The summed E-state index contributed by atoms with van der Waals surface area (Å²) in [5, 5.41) is 3.25. The Kier molecular flexibility index (Phi) is 6.25. The van der Waals surface area contributed by atoms with E-state index < -0.39 is 0 Å². The number of ether oxygens (including phenoxy) is 1. The van der Waals surface area contributed by atoms with Crippen LogP contribution < -0.4 is 5.32 Å². The third kappa shape index (κ3) is 5.06. The van der Waals surface area contributed by atoms with E-state index in [4.69, 9.17) is 4.74 Å². The van der Waals surface area contributed by atoms with Crippen molar-refractivity contribution in [2.24, 2.45) is 0 Å². The summed E-state index contributed by atoms with van der Waals surface area (Å²) in [5.41, 5.74) is 2.16. The summed E-state index contributed by atoms with van der Waals surface area (Å²) < 4.78 is 18.5. The Morgan fingerprint density at radius 1 is 1.18 bits per heavy atom. The smallest absolute Gasteiger partial charge is 0.188 e. The van der Waals surface area contributed by atoms with Gasteiger partial charge in [0.05, 0.1) is 6.61 Å².